The van der Waals surface area contributed by atoms with Gasteiger partial charge >= 0.3 is 0 Å². The largest absolute Gasteiger partial charge is 0.324 e. The molecule has 0 bridgehead atoms. The maximum Gasteiger partial charge on any atom is 0.241 e. The molecular formula is C18H17Cl2N3O. The highest BCUT2D eigenvalue weighted by atomic mass is 35.5. The van der Waals surface area contributed by atoms with Crippen LogP contribution in [0.25, 0.3) is 0 Å². The third-order valence-corrected chi connectivity index (χ3v) is 4.66. The Labute approximate surface area is 151 Å². The maximum atomic E-state index is 12.4. The summed E-state index contributed by atoms with van der Waals surface area (Å²) in [5.41, 5.74) is 1.79. The smallest absolute Gasteiger partial charge is 0.241 e. The fourth-order valence-electron chi connectivity index (χ4n) is 2.20. The summed E-state index contributed by atoms with van der Waals surface area (Å²) >= 11 is 12.2. The van der Waals surface area contributed by atoms with Gasteiger partial charge in [-0.15, -0.1) is 0 Å². The number of amides is 1. The maximum absolute atomic E-state index is 12.4. The Balaban J connectivity index is 2.07. The van der Waals surface area contributed by atoms with Gasteiger partial charge in [-0.3, -0.25) is 9.69 Å². The topological polar surface area (TPSA) is 56.1 Å². The Morgan fingerprint density at radius 3 is 2.67 bits per heavy atom. The molecule has 6 heteroatoms. The molecule has 0 saturated carbocycles. The summed E-state index contributed by atoms with van der Waals surface area (Å²) in [4.78, 5) is 14.3. The molecule has 0 aromatic heterocycles. The number of para-hydroxylation sites is 1. The highest BCUT2D eigenvalue weighted by molar-refractivity contribution is 6.42. The number of nitrogens with one attached hydrogen (secondary N) is 1. The molecule has 2 aromatic carbocycles. The first kappa shape index (κ1) is 18.3. The van der Waals surface area contributed by atoms with Crippen molar-refractivity contribution < 1.29 is 4.79 Å². The minimum absolute atomic E-state index is 0.196. The molecule has 0 saturated heterocycles. The molecule has 0 fully saturated rings. The van der Waals surface area contributed by atoms with Gasteiger partial charge in [-0.1, -0.05) is 47.5 Å². The standard InChI is InChI=1S/C18H17Cl2N3O/c1-12(18(24)22-16-9-4-3-6-13(16)10-21)23(2)11-14-7-5-8-15(19)17(14)20/h3-9,12H,11H2,1-2H3,(H,22,24)/t12-/m1/s1. The van der Waals surface area contributed by atoms with Crippen molar-refractivity contribution in [2.75, 3.05) is 12.4 Å². The monoisotopic (exact) mass is 361 g/mol. The van der Waals surface area contributed by atoms with E-state index in [1.54, 1.807) is 37.3 Å². The van der Waals surface area contributed by atoms with Crippen LogP contribution < -0.4 is 5.32 Å². The molecule has 0 radical (unpaired) electrons. The van der Waals surface area contributed by atoms with E-state index < -0.39 is 6.04 Å². The van der Waals surface area contributed by atoms with Crippen LogP contribution >= 0.6 is 23.2 Å². The van der Waals surface area contributed by atoms with Gasteiger partial charge in [-0.25, -0.2) is 0 Å². The van der Waals surface area contributed by atoms with Gasteiger partial charge < -0.3 is 5.32 Å². The number of rotatable bonds is 5. The SMILES string of the molecule is C[C@H](C(=O)Nc1ccccc1C#N)N(C)Cc1cccc(Cl)c1Cl. The Hall–Kier alpha value is -2.06. The van der Waals surface area contributed by atoms with Crippen LogP contribution in [0.4, 0.5) is 5.69 Å². The summed E-state index contributed by atoms with van der Waals surface area (Å²) in [7, 11) is 1.83. The molecule has 1 atom stereocenters. The summed E-state index contributed by atoms with van der Waals surface area (Å²) in [6.45, 7) is 2.27. The quantitative estimate of drug-likeness (QED) is 0.862. The molecule has 1 N–H and O–H groups in total. The van der Waals surface area contributed by atoms with Crippen molar-refractivity contribution in [1.29, 1.82) is 5.26 Å². The molecule has 0 aliphatic heterocycles. The zero-order valence-corrected chi connectivity index (χ0v) is 14.9. The normalized spacial score (nSPS) is 11.8. The molecule has 0 spiro atoms. The van der Waals surface area contributed by atoms with Crippen LogP contribution in [-0.4, -0.2) is 23.9 Å². The highest BCUT2D eigenvalue weighted by Crippen LogP contribution is 2.26. The summed E-state index contributed by atoms with van der Waals surface area (Å²) in [6, 6.07) is 14.0. The van der Waals surface area contributed by atoms with Gasteiger partial charge in [-0.05, 0) is 37.7 Å². The van der Waals surface area contributed by atoms with Gasteiger partial charge in [0.2, 0.25) is 5.91 Å². The molecule has 1 amide bonds. The number of nitriles is 1. The number of hydrogen-bond acceptors (Lipinski definition) is 3. The van der Waals surface area contributed by atoms with E-state index in [2.05, 4.69) is 11.4 Å². The molecule has 24 heavy (non-hydrogen) atoms. The minimum Gasteiger partial charge on any atom is -0.324 e. The lowest BCUT2D eigenvalue weighted by atomic mass is 10.1. The lowest BCUT2D eigenvalue weighted by molar-refractivity contribution is -0.120. The van der Waals surface area contributed by atoms with Crippen molar-refractivity contribution in [3.05, 3.63) is 63.6 Å². The number of likely N-dealkylation sites (N-methyl/N-ethyl adjacent to an activating group) is 1. The third kappa shape index (κ3) is 4.27. The van der Waals surface area contributed by atoms with E-state index in [1.165, 1.54) is 0 Å². The van der Waals surface area contributed by atoms with Gasteiger partial charge in [0, 0.05) is 6.54 Å². The summed E-state index contributed by atoms with van der Waals surface area (Å²) < 4.78 is 0. The fraction of sp³-hybridized carbons (Fsp3) is 0.222. The number of benzene rings is 2. The first-order valence-corrected chi connectivity index (χ1v) is 8.12. The predicted octanol–water partition coefficient (Wildman–Crippen LogP) is 4.32. The average molecular weight is 362 g/mol. The molecule has 4 nitrogen and oxygen atoms in total. The van der Waals surface area contributed by atoms with Gasteiger partial charge in [0.15, 0.2) is 0 Å². The van der Waals surface area contributed by atoms with Crippen molar-refractivity contribution in [3.8, 4) is 6.07 Å². The van der Waals surface area contributed by atoms with Crippen LogP contribution in [0.3, 0.4) is 0 Å². The third-order valence-electron chi connectivity index (χ3n) is 3.80. The number of halogens is 2. The zero-order valence-electron chi connectivity index (χ0n) is 13.4. The van der Waals surface area contributed by atoms with E-state index in [0.29, 0.717) is 27.8 Å². The van der Waals surface area contributed by atoms with E-state index in [-0.39, 0.29) is 5.91 Å². The number of hydrogen-bond donors (Lipinski definition) is 1. The van der Waals surface area contributed by atoms with E-state index in [1.807, 2.05) is 24.1 Å². The average Bonchev–Trinajstić information content (AvgIpc) is 2.58. The van der Waals surface area contributed by atoms with Crippen LogP contribution in [0, 0.1) is 11.3 Å². The van der Waals surface area contributed by atoms with Gasteiger partial charge in [-0.2, -0.15) is 5.26 Å². The number of nitrogens with zero attached hydrogens (tertiary/aromatic N) is 2. The van der Waals surface area contributed by atoms with Crippen molar-refractivity contribution in [1.82, 2.24) is 4.90 Å². The second-order valence-electron chi connectivity index (χ2n) is 5.45. The van der Waals surface area contributed by atoms with E-state index in [9.17, 15) is 4.79 Å². The Morgan fingerprint density at radius 1 is 1.25 bits per heavy atom. The fourth-order valence-corrected chi connectivity index (χ4v) is 2.58. The molecule has 0 heterocycles. The van der Waals surface area contributed by atoms with Crippen LogP contribution in [0.1, 0.15) is 18.1 Å². The number of anilines is 1. The van der Waals surface area contributed by atoms with Gasteiger partial charge in [0.05, 0.1) is 27.3 Å². The van der Waals surface area contributed by atoms with Gasteiger partial charge in [0.25, 0.3) is 0 Å². The Bertz CT molecular complexity index is 786. The predicted molar refractivity (Wildman–Crippen MR) is 97.2 cm³/mol. The van der Waals surface area contributed by atoms with Crippen LogP contribution in [0.15, 0.2) is 42.5 Å². The van der Waals surface area contributed by atoms with Crippen molar-refractivity contribution in [3.63, 3.8) is 0 Å². The molecule has 0 unspecified atom stereocenters. The minimum atomic E-state index is -0.410. The number of carbonyl (C=O) groups excluding carboxylic acids is 1. The molecule has 124 valence electrons. The molecule has 2 aromatic rings. The summed E-state index contributed by atoms with van der Waals surface area (Å²) in [5.74, 6) is -0.196. The second kappa shape index (κ2) is 8.16. The molecular weight excluding hydrogens is 345 g/mol. The Kier molecular flexibility index (Phi) is 6.22. The molecule has 2 rings (SSSR count). The first-order valence-electron chi connectivity index (χ1n) is 7.37. The van der Waals surface area contributed by atoms with Gasteiger partial charge in [0.1, 0.15) is 6.07 Å². The van der Waals surface area contributed by atoms with Crippen molar-refractivity contribution in [2.45, 2.75) is 19.5 Å². The second-order valence-corrected chi connectivity index (χ2v) is 6.24. The van der Waals surface area contributed by atoms with Crippen molar-refractivity contribution in [2.24, 2.45) is 0 Å². The van der Waals surface area contributed by atoms with Crippen LogP contribution in [-0.2, 0) is 11.3 Å². The first-order chi connectivity index (χ1) is 11.4. The molecule has 0 aliphatic rings. The Morgan fingerprint density at radius 2 is 1.96 bits per heavy atom. The number of carbonyl (C=O) groups is 1. The van der Waals surface area contributed by atoms with E-state index in [4.69, 9.17) is 28.5 Å². The summed E-state index contributed by atoms with van der Waals surface area (Å²) in [6.07, 6.45) is 0. The molecule has 0 aliphatic carbocycles. The lowest BCUT2D eigenvalue weighted by Crippen LogP contribution is -2.39. The lowest BCUT2D eigenvalue weighted by Gasteiger charge is -2.24. The van der Waals surface area contributed by atoms with E-state index >= 15 is 0 Å². The zero-order chi connectivity index (χ0) is 17.7. The van der Waals surface area contributed by atoms with E-state index in [0.717, 1.165) is 5.56 Å². The van der Waals surface area contributed by atoms with Crippen molar-refractivity contribution >= 4 is 34.8 Å². The van der Waals surface area contributed by atoms with Crippen LogP contribution in [0.2, 0.25) is 10.0 Å². The highest BCUT2D eigenvalue weighted by Gasteiger charge is 2.20. The summed E-state index contributed by atoms with van der Waals surface area (Å²) in [5, 5.41) is 12.9. The van der Waals surface area contributed by atoms with Crippen LogP contribution in [0.5, 0.6) is 0 Å².